The minimum absolute atomic E-state index is 0.0224. The Kier molecular flexibility index (Phi) is 4.12. The molecule has 0 fully saturated rings. The average molecular weight is 315 g/mol. The van der Waals surface area contributed by atoms with Crippen LogP contribution in [0.4, 0.5) is 4.39 Å². The molecule has 0 aromatic carbocycles. The van der Waals surface area contributed by atoms with Gasteiger partial charge in [-0.25, -0.2) is 17.9 Å². The average Bonchev–Trinajstić information content (AvgIpc) is 2.84. The number of aromatic nitrogens is 1. The molecule has 2 aromatic rings. The van der Waals surface area contributed by atoms with Gasteiger partial charge in [-0.1, -0.05) is 0 Å². The smallest absolute Gasteiger partial charge is 0.253 e. The topological polar surface area (TPSA) is 102 Å². The first-order chi connectivity index (χ1) is 9.36. The van der Waals surface area contributed by atoms with Gasteiger partial charge in [-0.2, -0.15) is 0 Å². The lowest BCUT2D eigenvalue weighted by Crippen LogP contribution is -2.22. The summed E-state index contributed by atoms with van der Waals surface area (Å²) in [5.74, 6) is -1.10. The van der Waals surface area contributed by atoms with E-state index >= 15 is 0 Å². The SMILES string of the molecule is NS(=O)(=O)c1ccc(CNC(=O)c2cncc(F)c2)s1. The van der Waals surface area contributed by atoms with Crippen LogP contribution < -0.4 is 10.5 Å². The lowest BCUT2D eigenvalue weighted by molar-refractivity contribution is 0.0950. The fourth-order valence-corrected chi connectivity index (χ4v) is 3.13. The predicted molar refractivity (Wildman–Crippen MR) is 71.1 cm³/mol. The standard InChI is InChI=1S/C11H10FN3O3S2/c12-8-3-7(4-14-5-8)11(16)15-6-9-1-2-10(19-9)20(13,17)18/h1-5H,6H2,(H,15,16)(H2,13,17,18). The van der Waals surface area contributed by atoms with Crippen LogP contribution in [0.5, 0.6) is 0 Å². The van der Waals surface area contributed by atoms with Crippen LogP contribution in [-0.2, 0) is 16.6 Å². The van der Waals surface area contributed by atoms with Crippen LogP contribution in [-0.4, -0.2) is 19.3 Å². The number of primary sulfonamides is 1. The Morgan fingerprint density at radius 2 is 2.15 bits per heavy atom. The Hall–Kier alpha value is -1.84. The van der Waals surface area contributed by atoms with Crippen molar-refractivity contribution in [3.8, 4) is 0 Å². The van der Waals surface area contributed by atoms with E-state index in [2.05, 4.69) is 10.3 Å². The summed E-state index contributed by atoms with van der Waals surface area (Å²) in [6, 6.07) is 3.98. The summed E-state index contributed by atoms with van der Waals surface area (Å²) >= 11 is 0.963. The van der Waals surface area contributed by atoms with Crippen molar-refractivity contribution in [2.75, 3.05) is 0 Å². The van der Waals surface area contributed by atoms with Crippen molar-refractivity contribution in [2.24, 2.45) is 5.14 Å². The molecule has 0 radical (unpaired) electrons. The highest BCUT2D eigenvalue weighted by Gasteiger charge is 2.12. The number of amides is 1. The molecule has 6 nitrogen and oxygen atoms in total. The van der Waals surface area contributed by atoms with E-state index < -0.39 is 21.7 Å². The summed E-state index contributed by atoms with van der Waals surface area (Å²) in [6.45, 7) is 0.121. The zero-order valence-electron chi connectivity index (χ0n) is 10.0. The van der Waals surface area contributed by atoms with Gasteiger partial charge in [0.15, 0.2) is 0 Å². The number of nitrogens with one attached hydrogen (secondary N) is 1. The molecule has 2 rings (SSSR count). The number of nitrogens with two attached hydrogens (primary N) is 1. The molecule has 0 aliphatic rings. The summed E-state index contributed by atoms with van der Waals surface area (Å²) in [4.78, 5) is 15.9. The number of rotatable bonds is 4. The van der Waals surface area contributed by atoms with Crippen molar-refractivity contribution in [3.05, 3.63) is 46.9 Å². The maximum atomic E-state index is 12.9. The van der Waals surface area contributed by atoms with Crippen LogP contribution in [0.2, 0.25) is 0 Å². The quantitative estimate of drug-likeness (QED) is 0.873. The molecule has 0 saturated carbocycles. The first-order valence-electron chi connectivity index (χ1n) is 5.36. The molecule has 0 aliphatic carbocycles. The monoisotopic (exact) mass is 315 g/mol. The number of thiophene rings is 1. The Balaban J connectivity index is 2.02. The zero-order chi connectivity index (χ0) is 14.8. The van der Waals surface area contributed by atoms with Crippen molar-refractivity contribution in [1.29, 1.82) is 0 Å². The number of sulfonamides is 1. The van der Waals surface area contributed by atoms with E-state index in [1.54, 1.807) is 6.07 Å². The van der Waals surface area contributed by atoms with Gasteiger partial charge in [0.25, 0.3) is 5.91 Å². The Bertz CT molecular complexity index is 743. The second kappa shape index (κ2) is 5.65. The van der Waals surface area contributed by atoms with E-state index in [0.717, 1.165) is 23.6 Å². The molecule has 0 spiro atoms. The second-order valence-electron chi connectivity index (χ2n) is 3.84. The lowest BCUT2D eigenvalue weighted by Gasteiger charge is -2.03. The third-order valence-corrected chi connectivity index (χ3v) is 4.83. The van der Waals surface area contributed by atoms with E-state index in [9.17, 15) is 17.6 Å². The van der Waals surface area contributed by atoms with Crippen LogP contribution in [0.3, 0.4) is 0 Å². The molecule has 0 atom stereocenters. The van der Waals surface area contributed by atoms with E-state index in [0.29, 0.717) is 4.88 Å². The molecule has 106 valence electrons. The number of halogens is 1. The van der Waals surface area contributed by atoms with Gasteiger partial charge >= 0.3 is 0 Å². The number of hydrogen-bond acceptors (Lipinski definition) is 5. The van der Waals surface area contributed by atoms with Crippen LogP contribution in [0.1, 0.15) is 15.2 Å². The molecule has 3 N–H and O–H groups in total. The largest absolute Gasteiger partial charge is 0.347 e. The molecule has 9 heteroatoms. The normalized spacial score (nSPS) is 11.3. The Morgan fingerprint density at radius 3 is 2.75 bits per heavy atom. The second-order valence-corrected chi connectivity index (χ2v) is 6.80. The van der Waals surface area contributed by atoms with Gasteiger partial charge in [0.2, 0.25) is 10.0 Å². The molecule has 0 aliphatic heterocycles. The minimum atomic E-state index is -3.73. The van der Waals surface area contributed by atoms with Gasteiger partial charge in [-0.15, -0.1) is 11.3 Å². The summed E-state index contributed by atoms with van der Waals surface area (Å²) in [5, 5.41) is 7.52. The zero-order valence-corrected chi connectivity index (χ0v) is 11.7. The van der Waals surface area contributed by atoms with E-state index in [1.807, 2.05) is 0 Å². The maximum Gasteiger partial charge on any atom is 0.253 e. The van der Waals surface area contributed by atoms with Crippen molar-refractivity contribution in [2.45, 2.75) is 10.8 Å². The number of pyridine rings is 1. The first kappa shape index (κ1) is 14.6. The van der Waals surface area contributed by atoms with Gasteiger partial charge in [0.1, 0.15) is 10.0 Å². The molecule has 0 unspecified atom stereocenters. The van der Waals surface area contributed by atoms with E-state index in [1.165, 1.54) is 12.3 Å². The van der Waals surface area contributed by atoms with Crippen molar-refractivity contribution in [1.82, 2.24) is 10.3 Å². The molecule has 0 saturated heterocycles. The van der Waals surface area contributed by atoms with E-state index in [4.69, 9.17) is 5.14 Å². The fraction of sp³-hybridized carbons (Fsp3) is 0.0909. The molecular weight excluding hydrogens is 305 g/mol. The highest BCUT2D eigenvalue weighted by atomic mass is 32.2. The fourth-order valence-electron chi connectivity index (χ4n) is 1.41. The number of carbonyl (C=O) groups excluding carboxylic acids is 1. The molecule has 1 amide bonds. The van der Waals surface area contributed by atoms with Crippen LogP contribution in [0, 0.1) is 5.82 Å². The van der Waals surface area contributed by atoms with Crippen molar-refractivity contribution < 1.29 is 17.6 Å². The van der Waals surface area contributed by atoms with Gasteiger partial charge in [0, 0.05) is 11.1 Å². The lowest BCUT2D eigenvalue weighted by atomic mass is 10.2. The summed E-state index contributed by atoms with van der Waals surface area (Å²) in [7, 11) is -3.73. The maximum absolute atomic E-state index is 12.9. The number of hydrogen-bond donors (Lipinski definition) is 2. The Labute approximate surface area is 118 Å². The third kappa shape index (κ3) is 3.59. The van der Waals surface area contributed by atoms with Crippen molar-refractivity contribution >= 4 is 27.3 Å². The molecule has 0 bridgehead atoms. The van der Waals surface area contributed by atoms with Crippen LogP contribution in [0.25, 0.3) is 0 Å². The Morgan fingerprint density at radius 1 is 1.40 bits per heavy atom. The van der Waals surface area contributed by atoms with Gasteiger partial charge < -0.3 is 5.32 Å². The third-order valence-electron chi connectivity index (χ3n) is 2.31. The highest BCUT2D eigenvalue weighted by Crippen LogP contribution is 2.20. The van der Waals surface area contributed by atoms with Crippen molar-refractivity contribution in [3.63, 3.8) is 0 Å². The van der Waals surface area contributed by atoms with E-state index in [-0.39, 0.29) is 16.3 Å². The van der Waals surface area contributed by atoms with Gasteiger partial charge in [0.05, 0.1) is 18.3 Å². The summed E-state index contributed by atoms with van der Waals surface area (Å²) in [5.41, 5.74) is 0.0909. The number of nitrogens with zero attached hydrogens (tertiary/aromatic N) is 1. The highest BCUT2D eigenvalue weighted by molar-refractivity contribution is 7.91. The molecular formula is C11H10FN3O3S2. The molecule has 2 heterocycles. The van der Waals surface area contributed by atoms with Crippen LogP contribution in [0.15, 0.2) is 34.8 Å². The first-order valence-corrected chi connectivity index (χ1v) is 7.73. The van der Waals surface area contributed by atoms with Gasteiger partial charge in [-0.05, 0) is 18.2 Å². The number of carbonyl (C=O) groups is 1. The summed E-state index contributed by atoms with van der Waals surface area (Å²) < 4.78 is 35.1. The summed E-state index contributed by atoms with van der Waals surface area (Å²) in [6.07, 6.45) is 2.23. The van der Waals surface area contributed by atoms with Gasteiger partial charge in [-0.3, -0.25) is 9.78 Å². The molecule has 20 heavy (non-hydrogen) atoms. The molecule has 2 aromatic heterocycles. The minimum Gasteiger partial charge on any atom is -0.347 e. The predicted octanol–water partition coefficient (Wildman–Crippen LogP) is 0.860. The van der Waals surface area contributed by atoms with Crippen LogP contribution >= 0.6 is 11.3 Å².